The first-order valence-electron chi connectivity index (χ1n) is 12.0. The maximum absolute atomic E-state index is 14.3. The van der Waals surface area contributed by atoms with Gasteiger partial charge in [-0.15, -0.1) is 11.8 Å². The smallest absolute Gasteiger partial charge is 0.475 e. The molecule has 38 heavy (non-hydrogen) atoms. The van der Waals surface area contributed by atoms with Crippen LogP contribution >= 0.6 is 11.8 Å². The van der Waals surface area contributed by atoms with Gasteiger partial charge in [-0.05, 0) is 50.6 Å². The van der Waals surface area contributed by atoms with Crippen LogP contribution in [0.4, 0.5) is 23.7 Å². The van der Waals surface area contributed by atoms with Gasteiger partial charge in [-0.1, -0.05) is 36.4 Å². The van der Waals surface area contributed by atoms with E-state index in [1.807, 2.05) is 30.3 Å². The molecule has 0 fully saturated rings. The molecule has 1 unspecified atom stereocenters. The number of alkyl halides is 3. The molecule has 1 aromatic heterocycles. The second kappa shape index (κ2) is 11.8. The average molecular weight is 545 g/mol. The van der Waals surface area contributed by atoms with Gasteiger partial charge in [-0.3, -0.25) is 0 Å². The van der Waals surface area contributed by atoms with Crippen molar-refractivity contribution in [1.82, 2.24) is 4.98 Å². The molecular weight excluding hydrogens is 517 g/mol. The van der Waals surface area contributed by atoms with Crippen molar-refractivity contribution < 1.29 is 32.2 Å². The summed E-state index contributed by atoms with van der Waals surface area (Å²) < 4.78 is 59.4. The molecule has 0 radical (unpaired) electrons. The summed E-state index contributed by atoms with van der Waals surface area (Å²) in [6, 6.07) is 16.4. The van der Waals surface area contributed by atoms with Gasteiger partial charge >= 0.3 is 12.3 Å². The number of nitrogens with one attached hydrogen (secondary N) is 1. The maximum Gasteiger partial charge on any atom is 0.513 e. The van der Waals surface area contributed by atoms with Gasteiger partial charge < -0.3 is 19.5 Å². The summed E-state index contributed by atoms with van der Waals surface area (Å²) in [4.78, 5) is 17.8. The quantitative estimate of drug-likeness (QED) is 0.231. The summed E-state index contributed by atoms with van der Waals surface area (Å²) >= 11 is 1.45. The molecule has 1 aliphatic rings. The lowest BCUT2D eigenvalue weighted by Crippen LogP contribution is -2.27. The molecule has 2 heterocycles. The molecule has 0 bridgehead atoms. The number of aromatic nitrogens is 1. The van der Waals surface area contributed by atoms with E-state index < -0.39 is 23.8 Å². The van der Waals surface area contributed by atoms with Crippen molar-refractivity contribution in [2.75, 3.05) is 17.7 Å². The van der Waals surface area contributed by atoms with Crippen molar-refractivity contribution in [1.29, 1.82) is 0 Å². The van der Waals surface area contributed by atoms with Crippen LogP contribution in [0, 0.1) is 0 Å². The second-order valence-corrected chi connectivity index (χ2v) is 9.67. The van der Waals surface area contributed by atoms with E-state index in [9.17, 15) is 18.0 Å². The van der Waals surface area contributed by atoms with E-state index in [1.54, 1.807) is 26.8 Å². The lowest BCUT2D eigenvalue weighted by Gasteiger charge is -2.33. The number of carbonyl (C=O) groups excluding carboxylic acids is 1. The van der Waals surface area contributed by atoms with Gasteiger partial charge in [-0.25, -0.2) is 9.78 Å². The van der Waals surface area contributed by atoms with Crippen LogP contribution in [0.15, 0.2) is 83.2 Å². The van der Waals surface area contributed by atoms with Crippen LogP contribution in [-0.4, -0.2) is 29.6 Å². The largest absolute Gasteiger partial charge is 0.513 e. The average Bonchev–Trinajstić information content (AvgIpc) is 2.87. The van der Waals surface area contributed by atoms with E-state index in [2.05, 4.69) is 10.3 Å². The Morgan fingerprint density at radius 2 is 1.79 bits per heavy atom. The molecule has 0 saturated heterocycles. The van der Waals surface area contributed by atoms with Crippen molar-refractivity contribution in [3.8, 4) is 5.88 Å². The number of halogens is 3. The first kappa shape index (κ1) is 27.4. The molecule has 0 aliphatic carbocycles. The van der Waals surface area contributed by atoms with Crippen molar-refractivity contribution in [2.24, 2.45) is 0 Å². The Balaban J connectivity index is 1.94. The Kier molecular flexibility index (Phi) is 8.51. The number of rotatable bonds is 8. The van der Waals surface area contributed by atoms with Crippen molar-refractivity contribution in [3.05, 3.63) is 95.0 Å². The summed E-state index contributed by atoms with van der Waals surface area (Å²) in [6.07, 6.45) is -4.45. The highest BCUT2D eigenvalue weighted by Crippen LogP contribution is 2.49. The first-order chi connectivity index (χ1) is 18.2. The zero-order chi connectivity index (χ0) is 27.3. The van der Waals surface area contributed by atoms with Gasteiger partial charge in [0.2, 0.25) is 5.88 Å². The topological polar surface area (TPSA) is 69.7 Å². The SMILES string of the molecule is CCOC(=O)OC1=C(CSc2ccccc2)Nc2ccnc(OC(C)C)c2C1c1ccccc1C(F)(F)F. The summed E-state index contributed by atoms with van der Waals surface area (Å²) in [7, 11) is 0. The van der Waals surface area contributed by atoms with Crippen LogP contribution in [0.2, 0.25) is 0 Å². The highest BCUT2D eigenvalue weighted by molar-refractivity contribution is 7.99. The molecule has 6 nitrogen and oxygen atoms in total. The van der Waals surface area contributed by atoms with E-state index in [0.29, 0.717) is 16.9 Å². The number of ether oxygens (including phenoxy) is 3. The Hall–Kier alpha value is -3.66. The number of hydrogen-bond acceptors (Lipinski definition) is 7. The standard InChI is InChI=1S/C28H27F3N2O4S/c1-4-35-27(34)37-25-22(16-38-18-10-6-5-7-11-18)33-21-14-15-32-26(36-17(2)3)24(21)23(25)19-12-8-9-13-20(19)28(29,30)31/h5-15,17,23,33H,4,16H2,1-3H3. The van der Waals surface area contributed by atoms with Gasteiger partial charge in [-0.2, -0.15) is 13.2 Å². The van der Waals surface area contributed by atoms with Crippen LogP contribution in [0.5, 0.6) is 5.88 Å². The Labute approximate surface area is 223 Å². The normalized spacial score (nSPS) is 15.1. The fraction of sp³-hybridized carbons (Fsp3) is 0.286. The number of allylic oxidation sites excluding steroid dienone is 1. The predicted octanol–water partition coefficient (Wildman–Crippen LogP) is 7.62. The summed E-state index contributed by atoms with van der Waals surface area (Å²) in [5, 5.41) is 3.26. The van der Waals surface area contributed by atoms with Gasteiger partial charge in [0.15, 0.2) is 0 Å². The molecule has 0 amide bonds. The molecule has 0 saturated carbocycles. The van der Waals surface area contributed by atoms with E-state index >= 15 is 0 Å². The number of hydrogen-bond donors (Lipinski definition) is 1. The molecular formula is C28H27F3N2O4S. The van der Waals surface area contributed by atoms with Crippen LogP contribution in [0.3, 0.4) is 0 Å². The van der Waals surface area contributed by atoms with Gasteiger partial charge in [0.1, 0.15) is 5.76 Å². The van der Waals surface area contributed by atoms with Crippen molar-refractivity contribution in [3.63, 3.8) is 0 Å². The highest BCUT2D eigenvalue weighted by Gasteiger charge is 2.42. The molecule has 4 rings (SSSR count). The third-order valence-electron chi connectivity index (χ3n) is 5.59. The number of pyridine rings is 1. The minimum absolute atomic E-state index is 0.00214. The zero-order valence-electron chi connectivity index (χ0n) is 21.0. The van der Waals surface area contributed by atoms with Crippen molar-refractivity contribution in [2.45, 2.75) is 43.9 Å². The Morgan fingerprint density at radius 3 is 2.47 bits per heavy atom. The van der Waals surface area contributed by atoms with E-state index in [4.69, 9.17) is 14.2 Å². The van der Waals surface area contributed by atoms with E-state index in [-0.39, 0.29) is 35.7 Å². The van der Waals surface area contributed by atoms with Gasteiger partial charge in [0.25, 0.3) is 0 Å². The highest BCUT2D eigenvalue weighted by atomic mass is 32.2. The van der Waals surface area contributed by atoms with Crippen molar-refractivity contribution >= 4 is 23.6 Å². The predicted molar refractivity (Wildman–Crippen MR) is 139 cm³/mol. The molecule has 1 atom stereocenters. The molecule has 10 heteroatoms. The lowest BCUT2D eigenvalue weighted by atomic mass is 9.83. The zero-order valence-corrected chi connectivity index (χ0v) is 21.9. The summed E-state index contributed by atoms with van der Waals surface area (Å²) in [5.74, 6) is -0.724. The third kappa shape index (κ3) is 6.24. The van der Waals surface area contributed by atoms with Crippen LogP contribution < -0.4 is 10.1 Å². The van der Waals surface area contributed by atoms with Gasteiger partial charge in [0, 0.05) is 22.5 Å². The number of thioether (sulfide) groups is 1. The maximum atomic E-state index is 14.3. The van der Waals surface area contributed by atoms with Crippen LogP contribution in [-0.2, 0) is 15.7 Å². The van der Waals surface area contributed by atoms with Crippen LogP contribution in [0.1, 0.15) is 43.4 Å². The third-order valence-corrected chi connectivity index (χ3v) is 6.63. The molecule has 1 aliphatic heterocycles. The summed E-state index contributed by atoms with van der Waals surface area (Å²) in [5.41, 5.74) is 0.342. The number of nitrogens with zero attached hydrogens (tertiary/aromatic N) is 1. The fourth-order valence-electron chi connectivity index (χ4n) is 4.13. The molecule has 1 N–H and O–H groups in total. The molecule has 3 aromatic rings. The van der Waals surface area contributed by atoms with Crippen LogP contribution in [0.25, 0.3) is 0 Å². The number of carbonyl (C=O) groups is 1. The van der Waals surface area contributed by atoms with E-state index in [1.165, 1.54) is 36.2 Å². The fourth-order valence-corrected chi connectivity index (χ4v) is 5.00. The lowest BCUT2D eigenvalue weighted by molar-refractivity contribution is -0.138. The number of benzene rings is 2. The second-order valence-electron chi connectivity index (χ2n) is 8.62. The monoisotopic (exact) mass is 544 g/mol. The Morgan fingerprint density at radius 1 is 1.08 bits per heavy atom. The summed E-state index contributed by atoms with van der Waals surface area (Å²) in [6.45, 7) is 5.25. The van der Waals surface area contributed by atoms with Gasteiger partial charge in [0.05, 0.1) is 35.5 Å². The molecule has 0 spiro atoms. The van der Waals surface area contributed by atoms with E-state index in [0.717, 1.165) is 11.0 Å². The Bertz CT molecular complexity index is 1310. The minimum atomic E-state index is -4.66. The number of fused-ring (bicyclic) bond motifs is 1. The first-order valence-corrected chi connectivity index (χ1v) is 13.0. The molecule has 200 valence electrons. The minimum Gasteiger partial charge on any atom is -0.475 e. The number of anilines is 1. The molecule has 2 aromatic carbocycles.